The first kappa shape index (κ1) is 20.2. The van der Waals surface area contributed by atoms with Gasteiger partial charge in [0.05, 0.1) is 31.8 Å². The van der Waals surface area contributed by atoms with Crippen LogP contribution < -0.4 is 5.32 Å². The van der Waals surface area contributed by atoms with Crippen LogP contribution in [0.2, 0.25) is 0 Å². The summed E-state index contributed by atoms with van der Waals surface area (Å²) in [5.41, 5.74) is 3.26. The largest absolute Gasteiger partial charge is 0.331 e. The lowest BCUT2D eigenvalue weighted by Gasteiger charge is -2.24. The maximum absolute atomic E-state index is 13.2. The molecule has 1 saturated carbocycles. The van der Waals surface area contributed by atoms with E-state index in [-0.39, 0.29) is 17.9 Å². The molecule has 2 atom stereocenters. The molecule has 1 aromatic carbocycles. The number of carbonyl (C=O) groups is 2. The van der Waals surface area contributed by atoms with Crippen LogP contribution in [0.3, 0.4) is 0 Å². The molecule has 4 rings (SSSR count). The lowest BCUT2D eigenvalue weighted by Crippen LogP contribution is -2.34. The number of aryl methyl sites for hydroxylation is 1. The average molecular weight is 432 g/mol. The van der Waals surface area contributed by atoms with E-state index < -0.39 is 10.8 Å². The molecule has 0 bridgehead atoms. The normalized spacial score (nSPS) is 17.9. The molecule has 0 spiro atoms. The SMILES string of the molecule is CC[S@@](=O)c1cc(-c2sc(NC(C)=O)nc2C)cc2c1C(=O)N(C(C)C1CC1)C2. The van der Waals surface area contributed by atoms with Gasteiger partial charge in [-0.15, -0.1) is 0 Å². The first-order chi connectivity index (χ1) is 13.8. The first-order valence-corrected chi connectivity index (χ1v) is 12.0. The van der Waals surface area contributed by atoms with Crippen molar-refractivity contribution in [2.45, 2.75) is 58.0 Å². The van der Waals surface area contributed by atoms with Crippen molar-refractivity contribution < 1.29 is 13.8 Å². The van der Waals surface area contributed by atoms with E-state index in [9.17, 15) is 13.8 Å². The number of hydrogen-bond acceptors (Lipinski definition) is 5. The minimum atomic E-state index is -1.24. The monoisotopic (exact) mass is 431 g/mol. The molecule has 8 heteroatoms. The Morgan fingerprint density at radius 1 is 1.41 bits per heavy atom. The summed E-state index contributed by atoms with van der Waals surface area (Å²) in [5.74, 6) is 0.877. The molecule has 2 aliphatic rings. The first-order valence-electron chi connectivity index (χ1n) is 9.91. The highest BCUT2D eigenvalue weighted by Crippen LogP contribution is 2.42. The van der Waals surface area contributed by atoms with E-state index in [1.807, 2.05) is 30.9 Å². The van der Waals surface area contributed by atoms with Gasteiger partial charge in [0.15, 0.2) is 5.13 Å². The number of nitrogens with zero attached hydrogens (tertiary/aromatic N) is 2. The highest BCUT2D eigenvalue weighted by molar-refractivity contribution is 7.85. The fourth-order valence-electron chi connectivity index (χ4n) is 3.94. The van der Waals surface area contributed by atoms with Gasteiger partial charge in [-0.1, -0.05) is 18.3 Å². The fraction of sp³-hybridized carbons (Fsp3) is 0.476. The summed E-state index contributed by atoms with van der Waals surface area (Å²) in [7, 11) is -1.24. The summed E-state index contributed by atoms with van der Waals surface area (Å²) in [4.78, 5) is 32.5. The summed E-state index contributed by atoms with van der Waals surface area (Å²) in [6.07, 6.45) is 2.35. The Balaban J connectivity index is 1.78. The second-order valence-corrected chi connectivity index (χ2v) is 10.5. The number of rotatable bonds is 6. The molecule has 0 saturated heterocycles. The van der Waals surface area contributed by atoms with Crippen LogP contribution in [0.25, 0.3) is 10.4 Å². The number of benzene rings is 1. The summed E-state index contributed by atoms with van der Waals surface area (Å²) >= 11 is 1.40. The Morgan fingerprint density at radius 3 is 2.76 bits per heavy atom. The summed E-state index contributed by atoms with van der Waals surface area (Å²) in [6.45, 7) is 7.89. The molecule has 6 nitrogen and oxygen atoms in total. The van der Waals surface area contributed by atoms with E-state index in [1.165, 1.54) is 31.1 Å². The number of aromatic nitrogens is 1. The van der Waals surface area contributed by atoms with Gasteiger partial charge in [0.2, 0.25) is 5.91 Å². The van der Waals surface area contributed by atoms with Crippen molar-refractivity contribution in [2.24, 2.45) is 5.92 Å². The van der Waals surface area contributed by atoms with Gasteiger partial charge >= 0.3 is 0 Å². The predicted octanol–water partition coefficient (Wildman–Crippen LogP) is 3.96. The zero-order valence-corrected chi connectivity index (χ0v) is 18.7. The third-order valence-electron chi connectivity index (χ3n) is 5.64. The minimum absolute atomic E-state index is 0.00251. The molecule has 2 aromatic rings. The quantitative estimate of drug-likeness (QED) is 0.751. The zero-order chi connectivity index (χ0) is 20.9. The summed E-state index contributed by atoms with van der Waals surface area (Å²) in [5, 5.41) is 3.28. The van der Waals surface area contributed by atoms with E-state index in [2.05, 4.69) is 17.2 Å². The van der Waals surface area contributed by atoms with Crippen LogP contribution in [-0.4, -0.2) is 37.7 Å². The van der Waals surface area contributed by atoms with Crippen molar-refractivity contribution in [3.05, 3.63) is 29.0 Å². The van der Waals surface area contributed by atoms with Crippen molar-refractivity contribution >= 4 is 39.1 Å². The second-order valence-electron chi connectivity index (χ2n) is 7.77. The summed E-state index contributed by atoms with van der Waals surface area (Å²) in [6, 6.07) is 4.11. The molecule has 1 N–H and O–H groups in total. The highest BCUT2D eigenvalue weighted by Gasteiger charge is 2.40. The maximum Gasteiger partial charge on any atom is 0.255 e. The van der Waals surface area contributed by atoms with Crippen LogP contribution in [0.15, 0.2) is 17.0 Å². The van der Waals surface area contributed by atoms with Gasteiger partial charge in [0.25, 0.3) is 5.91 Å². The predicted molar refractivity (Wildman–Crippen MR) is 116 cm³/mol. The molecule has 2 heterocycles. The van der Waals surface area contributed by atoms with Gasteiger partial charge in [0, 0.05) is 25.3 Å². The topological polar surface area (TPSA) is 79.4 Å². The second kappa shape index (κ2) is 7.65. The van der Waals surface area contributed by atoms with Crippen molar-refractivity contribution in [3.8, 4) is 10.4 Å². The van der Waals surface area contributed by atoms with Crippen LogP contribution >= 0.6 is 11.3 Å². The van der Waals surface area contributed by atoms with Gasteiger partial charge in [-0.3, -0.25) is 13.8 Å². The van der Waals surface area contributed by atoms with E-state index in [0.717, 1.165) is 21.7 Å². The Kier molecular flexibility index (Phi) is 5.33. The highest BCUT2D eigenvalue weighted by atomic mass is 32.2. The molecule has 1 aromatic heterocycles. The average Bonchev–Trinajstić information content (AvgIpc) is 3.39. The number of hydrogen-bond donors (Lipinski definition) is 1. The molecule has 1 aliphatic heterocycles. The van der Waals surface area contributed by atoms with Gasteiger partial charge in [-0.05, 0) is 55.9 Å². The summed E-state index contributed by atoms with van der Waals surface area (Å²) < 4.78 is 12.8. The molecule has 1 unspecified atom stereocenters. The number of carbonyl (C=O) groups excluding carboxylic acids is 2. The third kappa shape index (κ3) is 3.75. The zero-order valence-electron chi connectivity index (χ0n) is 17.1. The Labute approximate surface area is 177 Å². The van der Waals surface area contributed by atoms with Crippen molar-refractivity contribution in [3.63, 3.8) is 0 Å². The Bertz CT molecular complexity index is 1030. The number of fused-ring (bicyclic) bond motifs is 1. The standard InChI is InChI=1S/C21H25N3O3S2/c1-5-29(27)17-9-15(19-11(2)22-21(28-19)23-13(4)25)8-16-10-24(20(26)18(16)17)12(3)14-6-7-14/h8-9,12,14H,5-7,10H2,1-4H3,(H,22,23,25)/t12?,29-/m1/s1. The molecule has 1 fully saturated rings. The van der Waals surface area contributed by atoms with Crippen LogP contribution in [0, 0.1) is 12.8 Å². The van der Waals surface area contributed by atoms with Crippen LogP contribution in [0.1, 0.15) is 55.2 Å². The lowest BCUT2D eigenvalue weighted by molar-refractivity contribution is -0.114. The van der Waals surface area contributed by atoms with Gasteiger partial charge < -0.3 is 10.2 Å². The molecule has 1 aliphatic carbocycles. The Hall–Kier alpha value is -2.06. The molecule has 0 radical (unpaired) electrons. The van der Waals surface area contributed by atoms with Gasteiger partial charge in [-0.2, -0.15) is 0 Å². The van der Waals surface area contributed by atoms with E-state index in [4.69, 9.17) is 0 Å². The number of amides is 2. The van der Waals surface area contributed by atoms with Gasteiger partial charge in [-0.25, -0.2) is 4.98 Å². The van der Waals surface area contributed by atoms with Crippen LogP contribution in [-0.2, 0) is 22.1 Å². The molecule has 154 valence electrons. The smallest absolute Gasteiger partial charge is 0.255 e. The van der Waals surface area contributed by atoms with Crippen LogP contribution in [0.4, 0.5) is 5.13 Å². The fourth-order valence-corrected chi connectivity index (χ4v) is 5.95. The molecular formula is C21H25N3O3S2. The number of thiazole rings is 1. The van der Waals surface area contributed by atoms with Crippen molar-refractivity contribution in [1.29, 1.82) is 0 Å². The number of nitrogens with one attached hydrogen (secondary N) is 1. The maximum atomic E-state index is 13.2. The van der Waals surface area contributed by atoms with Crippen molar-refractivity contribution in [2.75, 3.05) is 11.1 Å². The van der Waals surface area contributed by atoms with Crippen molar-refractivity contribution in [1.82, 2.24) is 9.88 Å². The molecular weight excluding hydrogens is 406 g/mol. The minimum Gasteiger partial charge on any atom is -0.331 e. The van der Waals surface area contributed by atoms with E-state index in [1.54, 1.807) is 0 Å². The van der Waals surface area contributed by atoms with E-state index in [0.29, 0.717) is 33.8 Å². The Morgan fingerprint density at radius 2 is 2.14 bits per heavy atom. The van der Waals surface area contributed by atoms with Gasteiger partial charge in [0.1, 0.15) is 0 Å². The lowest BCUT2D eigenvalue weighted by atomic mass is 10.0. The third-order valence-corrected chi connectivity index (χ3v) is 8.10. The molecule has 2 amide bonds. The molecule has 29 heavy (non-hydrogen) atoms. The van der Waals surface area contributed by atoms with E-state index >= 15 is 0 Å². The van der Waals surface area contributed by atoms with Crippen LogP contribution in [0.5, 0.6) is 0 Å². The number of anilines is 1.